The van der Waals surface area contributed by atoms with Crippen LogP contribution in [0.25, 0.3) is 0 Å². The molecule has 0 amide bonds. The smallest absolute Gasteiger partial charge is 0.0879 e. The summed E-state index contributed by atoms with van der Waals surface area (Å²) >= 11 is 0. The third-order valence-corrected chi connectivity index (χ3v) is 7.25. The van der Waals surface area contributed by atoms with Crippen LogP contribution < -0.4 is 0 Å². The van der Waals surface area contributed by atoms with Crippen molar-refractivity contribution in [2.45, 2.75) is 118 Å². The lowest BCUT2D eigenvalue weighted by Gasteiger charge is -2.26. The molecule has 0 saturated heterocycles. The van der Waals surface area contributed by atoms with Gasteiger partial charge in [-0.25, -0.2) is 0 Å². The predicted octanol–water partition coefficient (Wildman–Crippen LogP) is 8.84. The first-order valence-electron chi connectivity index (χ1n) is 12.6. The number of aliphatic hydroxyl groups is 2. The number of hydrogen-bond donors (Lipinski definition) is 2. The lowest BCUT2D eigenvalue weighted by molar-refractivity contribution is 0.0384. The van der Waals surface area contributed by atoms with Crippen LogP contribution >= 0.6 is 0 Å². The molecule has 1 rings (SSSR count). The number of rotatable bonds is 15. The third-order valence-electron chi connectivity index (χ3n) is 7.25. The third kappa shape index (κ3) is 12.4. The van der Waals surface area contributed by atoms with Gasteiger partial charge in [-0.15, -0.1) is 0 Å². The van der Waals surface area contributed by atoms with E-state index < -0.39 is 5.60 Å². The second-order valence-corrected chi connectivity index (χ2v) is 10.7. The van der Waals surface area contributed by atoms with Crippen molar-refractivity contribution >= 4 is 0 Å². The van der Waals surface area contributed by atoms with Gasteiger partial charge in [-0.05, 0) is 90.4 Å². The van der Waals surface area contributed by atoms with E-state index >= 15 is 0 Å². The van der Waals surface area contributed by atoms with Gasteiger partial charge >= 0.3 is 0 Å². The van der Waals surface area contributed by atoms with Crippen LogP contribution in [0.1, 0.15) is 112 Å². The molecule has 178 valence electrons. The highest BCUT2D eigenvalue weighted by atomic mass is 16.3. The SMILES string of the molecule is C=C(O)C(C)CCC/C(C)=C/CCC(C)CCCC(C)(O)CCC1=CC=C(C)C(C)C1. The summed E-state index contributed by atoms with van der Waals surface area (Å²) < 4.78 is 0. The maximum Gasteiger partial charge on any atom is 0.0879 e. The molecule has 0 spiro atoms. The van der Waals surface area contributed by atoms with E-state index in [9.17, 15) is 10.2 Å². The molecule has 0 aromatic heterocycles. The Bertz CT molecular complexity index is 635. The maximum atomic E-state index is 10.8. The Balaban J connectivity index is 2.19. The van der Waals surface area contributed by atoms with Crippen LogP contribution in [-0.4, -0.2) is 15.8 Å². The molecule has 1 aliphatic carbocycles. The molecule has 0 bridgehead atoms. The zero-order valence-corrected chi connectivity index (χ0v) is 21.3. The van der Waals surface area contributed by atoms with E-state index in [2.05, 4.69) is 52.5 Å². The van der Waals surface area contributed by atoms with Crippen molar-refractivity contribution in [1.82, 2.24) is 0 Å². The summed E-state index contributed by atoms with van der Waals surface area (Å²) in [6, 6.07) is 0. The van der Waals surface area contributed by atoms with Crippen molar-refractivity contribution < 1.29 is 10.2 Å². The minimum absolute atomic E-state index is 0.203. The van der Waals surface area contributed by atoms with Gasteiger partial charge in [0.25, 0.3) is 0 Å². The molecule has 2 nitrogen and oxygen atoms in total. The topological polar surface area (TPSA) is 40.5 Å². The van der Waals surface area contributed by atoms with Crippen LogP contribution in [0, 0.1) is 17.8 Å². The fourth-order valence-electron chi connectivity index (χ4n) is 4.32. The molecule has 31 heavy (non-hydrogen) atoms. The van der Waals surface area contributed by atoms with E-state index in [0.717, 1.165) is 57.8 Å². The Hall–Kier alpha value is -1.28. The molecule has 0 aromatic rings. The second-order valence-electron chi connectivity index (χ2n) is 10.7. The molecular weight excluding hydrogens is 380 g/mol. The first kappa shape index (κ1) is 27.8. The Morgan fingerprint density at radius 2 is 1.90 bits per heavy atom. The van der Waals surface area contributed by atoms with E-state index in [-0.39, 0.29) is 5.92 Å². The molecule has 0 fully saturated rings. The lowest BCUT2D eigenvalue weighted by atomic mass is 9.84. The zero-order chi connectivity index (χ0) is 23.4. The van der Waals surface area contributed by atoms with Gasteiger partial charge in [0.05, 0.1) is 11.4 Å². The van der Waals surface area contributed by atoms with Crippen LogP contribution in [0.2, 0.25) is 0 Å². The molecule has 0 radical (unpaired) electrons. The highest BCUT2D eigenvalue weighted by Gasteiger charge is 2.21. The minimum Gasteiger partial charge on any atom is -0.513 e. The molecule has 0 saturated carbocycles. The lowest BCUT2D eigenvalue weighted by Crippen LogP contribution is -2.24. The van der Waals surface area contributed by atoms with Crippen LogP contribution in [0.15, 0.2) is 47.3 Å². The van der Waals surface area contributed by atoms with E-state index in [0.29, 0.717) is 17.6 Å². The van der Waals surface area contributed by atoms with Gasteiger partial charge in [0.1, 0.15) is 0 Å². The van der Waals surface area contributed by atoms with Crippen molar-refractivity contribution in [2.24, 2.45) is 17.8 Å². The quantitative estimate of drug-likeness (QED) is 0.201. The van der Waals surface area contributed by atoms with Crippen molar-refractivity contribution in [3.8, 4) is 0 Å². The van der Waals surface area contributed by atoms with Crippen molar-refractivity contribution in [3.63, 3.8) is 0 Å². The van der Waals surface area contributed by atoms with Crippen LogP contribution in [0.4, 0.5) is 0 Å². The summed E-state index contributed by atoms with van der Waals surface area (Å²) in [5.74, 6) is 1.86. The number of allylic oxidation sites excluding steroid dienone is 7. The second kappa shape index (κ2) is 14.0. The van der Waals surface area contributed by atoms with Crippen molar-refractivity contribution in [2.75, 3.05) is 0 Å². The van der Waals surface area contributed by atoms with Crippen LogP contribution in [0.3, 0.4) is 0 Å². The Morgan fingerprint density at radius 3 is 2.55 bits per heavy atom. The average Bonchev–Trinajstić information content (AvgIpc) is 2.68. The standard InChI is InChI=1S/C29H50O2/c1-22(13-9-15-25(4)27(6)30)11-8-12-23(2)14-10-19-29(7,31)20-18-28-17-16-24(3)26(5)21-28/h11,16-17,23,25-26,30-31H,6,8-10,12-15,18-21H2,1-5,7H3/b22-11+. The van der Waals surface area contributed by atoms with E-state index in [1.54, 1.807) is 0 Å². The Kier molecular flexibility index (Phi) is 12.5. The molecular formula is C29H50O2. The predicted molar refractivity (Wildman–Crippen MR) is 136 cm³/mol. The highest BCUT2D eigenvalue weighted by Crippen LogP contribution is 2.30. The average molecular weight is 431 g/mol. The van der Waals surface area contributed by atoms with Gasteiger partial charge in [-0.3, -0.25) is 0 Å². The van der Waals surface area contributed by atoms with Gasteiger partial charge in [0.2, 0.25) is 0 Å². The van der Waals surface area contributed by atoms with Gasteiger partial charge in [-0.2, -0.15) is 0 Å². The molecule has 0 aromatic carbocycles. The summed E-state index contributed by atoms with van der Waals surface area (Å²) in [5.41, 5.74) is 3.87. The molecule has 0 aliphatic heterocycles. The normalized spacial score (nSPS) is 21.1. The highest BCUT2D eigenvalue weighted by molar-refractivity contribution is 5.25. The summed E-state index contributed by atoms with van der Waals surface area (Å²) in [4.78, 5) is 0. The zero-order valence-electron chi connectivity index (χ0n) is 21.3. The Labute approximate surface area is 193 Å². The fraction of sp³-hybridized carbons (Fsp3) is 0.724. The monoisotopic (exact) mass is 430 g/mol. The van der Waals surface area contributed by atoms with Gasteiger partial charge in [0.15, 0.2) is 0 Å². The molecule has 0 heterocycles. The van der Waals surface area contributed by atoms with E-state index in [1.165, 1.54) is 29.6 Å². The molecule has 4 unspecified atom stereocenters. The van der Waals surface area contributed by atoms with Gasteiger partial charge in [-0.1, -0.05) is 75.1 Å². The maximum absolute atomic E-state index is 10.8. The van der Waals surface area contributed by atoms with Crippen LogP contribution in [-0.2, 0) is 0 Å². The first-order chi connectivity index (χ1) is 14.5. The largest absolute Gasteiger partial charge is 0.513 e. The fourth-order valence-corrected chi connectivity index (χ4v) is 4.32. The van der Waals surface area contributed by atoms with Crippen molar-refractivity contribution in [1.29, 1.82) is 0 Å². The number of hydrogen-bond acceptors (Lipinski definition) is 2. The van der Waals surface area contributed by atoms with Crippen LogP contribution in [0.5, 0.6) is 0 Å². The first-order valence-corrected chi connectivity index (χ1v) is 12.6. The molecule has 4 atom stereocenters. The molecule has 2 heteroatoms. The molecule has 2 N–H and O–H groups in total. The summed E-state index contributed by atoms with van der Waals surface area (Å²) in [6.45, 7) is 16.7. The van der Waals surface area contributed by atoms with E-state index in [1.807, 2.05) is 13.8 Å². The molecule has 1 aliphatic rings. The minimum atomic E-state index is -0.548. The van der Waals surface area contributed by atoms with Crippen molar-refractivity contribution in [3.05, 3.63) is 47.3 Å². The van der Waals surface area contributed by atoms with E-state index in [4.69, 9.17) is 0 Å². The summed E-state index contributed by atoms with van der Waals surface area (Å²) in [7, 11) is 0. The van der Waals surface area contributed by atoms with Gasteiger partial charge in [0, 0.05) is 5.92 Å². The van der Waals surface area contributed by atoms with Gasteiger partial charge < -0.3 is 10.2 Å². The Morgan fingerprint density at radius 1 is 1.19 bits per heavy atom. The number of aliphatic hydroxyl groups excluding tert-OH is 1. The summed E-state index contributed by atoms with van der Waals surface area (Å²) in [5, 5.41) is 20.2. The summed E-state index contributed by atoms with van der Waals surface area (Å²) in [6.07, 6.45) is 18.7.